The van der Waals surface area contributed by atoms with Crippen LogP contribution in [0.2, 0.25) is 0 Å². The van der Waals surface area contributed by atoms with E-state index in [0.29, 0.717) is 6.73 Å². The lowest BCUT2D eigenvalue weighted by atomic mass is 10.1. The molecule has 1 rings (SSSR count). The van der Waals surface area contributed by atoms with Gasteiger partial charge in [0, 0.05) is 12.3 Å². The fourth-order valence-electron chi connectivity index (χ4n) is 1.40. The minimum Gasteiger partial charge on any atom is -0.362 e. The third-order valence-corrected chi connectivity index (χ3v) is 2.08. The van der Waals surface area contributed by atoms with Crippen molar-refractivity contribution in [3.63, 3.8) is 0 Å². The molecule has 0 aliphatic carbocycles. The first-order valence-electron chi connectivity index (χ1n) is 5.28. The number of allylic oxidation sites excluding steroid dienone is 1. The lowest BCUT2D eigenvalue weighted by Crippen LogP contribution is -2.07. The molecule has 82 valence electrons. The Hall–Kier alpha value is -1.28. The fraction of sp³-hybridized carbons (Fsp3) is 0.385. The van der Waals surface area contributed by atoms with Gasteiger partial charge in [-0.1, -0.05) is 30.4 Å². The molecule has 2 heteroatoms. The van der Waals surface area contributed by atoms with Crippen molar-refractivity contribution in [3.05, 3.63) is 42.0 Å². The van der Waals surface area contributed by atoms with Crippen LogP contribution in [0.1, 0.15) is 19.4 Å². The van der Waals surface area contributed by atoms with Gasteiger partial charge in [-0.05, 0) is 31.9 Å². The van der Waals surface area contributed by atoms with Gasteiger partial charge in [0.1, 0.15) is 6.73 Å². The molecule has 2 nitrogen and oxygen atoms in total. The second-order valence-corrected chi connectivity index (χ2v) is 3.60. The minimum atomic E-state index is 0.559. The predicted molar refractivity (Wildman–Crippen MR) is 65.1 cm³/mol. The SMILES string of the molecule is C=C(C)Cc1ccccc1NCOCC. The molecular formula is C13H19NO. The molecule has 0 aliphatic heterocycles. The third-order valence-electron chi connectivity index (χ3n) is 2.08. The van der Waals surface area contributed by atoms with Crippen LogP contribution >= 0.6 is 0 Å². The zero-order valence-corrected chi connectivity index (χ0v) is 9.55. The summed E-state index contributed by atoms with van der Waals surface area (Å²) in [6, 6.07) is 8.25. The third kappa shape index (κ3) is 4.17. The number of anilines is 1. The van der Waals surface area contributed by atoms with Crippen molar-refractivity contribution < 1.29 is 4.74 Å². The molecule has 1 aromatic rings. The van der Waals surface area contributed by atoms with Gasteiger partial charge < -0.3 is 10.1 Å². The summed E-state index contributed by atoms with van der Waals surface area (Å²) in [7, 11) is 0. The van der Waals surface area contributed by atoms with Gasteiger partial charge in [-0.3, -0.25) is 0 Å². The highest BCUT2D eigenvalue weighted by Crippen LogP contribution is 2.17. The molecule has 0 unspecified atom stereocenters. The van der Waals surface area contributed by atoms with E-state index in [0.717, 1.165) is 18.7 Å². The van der Waals surface area contributed by atoms with Gasteiger partial charge in [-0.2, -0.15) is 0 Å². The lowest BCUT2D eigenvalue weighted by Gasteiger charge is -2.11. The molecule has 0 atom stereocenters. The van der Waals surface area contributed by atoms with Crippen LogP contribution < -0.4 is 5.32 Å². The number of benzene rings is 1. The first kappa shape index (κ1) is 11.8. The quantitative estimate of drug-likeness (QED) is 0.437. The Bertz CT molecular complexity index is 320. The van der Waals surface area contributed by atoms with Crippen LogP contribution in [0.3, 0.4) is 0 Å². The summed E-state index contributed by atoms with van der Waals surface area (Å²) in [6.07, 6.45) is 0.912. The minimum absolute atomic E-state index is 0.559. The molecule has 0 spiro atoms. The summed E-state index contributed by atoms with van der Waals surface area (Å²) in [5.74, 6) is 0. The van der Waals surface area contributed by atoms with E-state index in [1.165, 1.54) is 11.1 Å². The van der Waals surface area contributed by atoms with E-state index in [4.69, 9.17) is 4.74 Å². The van der Waals surface area contributed by atoms with E-state index < -0.39 is 0 Å². The molecule has 0 amide bonds. The number of ether oxygens (including phenoxy) is 1. The van der Waals surface area contributed by atoms with Crippen molar-refractivity contribution in [1.82, 2.24) is 0 Å². The highest BCUT2D eigenvalue weighted by Gasteiger charge is 2.00. The molecule has 15 heavy (non-hydrogen) atoms. The highest BCUT2D eigenvalue weighted by molar-refractivity contribution is 5.51. The Kier molecular flexibility index (Phi) is 4.91. The second kappa shape index (κ2) is 6.25. The molecular weight excluding hydrogens is 186 g/mol. The Labute approximate surface area is 92.0 Å². The molecule has 0 heterocycles. The monoisotopic (exact) mass is 205 g/mol. The van der Waals surface area contributed by atoms with Crippen LogP contribution in [-0.2, 0) is 11.2 Å². The summed E-state index contributed by atoms with van der Waals surface area (Å²) in [4.78, 5) is 0. The molecule has 1 aromatic carbocycles. The maximum absolute atomic E-state index is 5.26. The second-order valence-electron chi connectivity index (χ2n) is 3.60. The van der Waals surface area contributed by atoms with Crippen LogP contribution in [0.15, 0.2) is 36.4 Å². The van der Waals surface area contributed by atoms with E-state index >= 15 is 0 Å². The van der Waals surface area contributed by atoms with E-state index in [9.17, 15) is 0 Å². The van der Waals surface area contributed by atoms with E-state index in [1.807, 2.05) is 26.0 Å². The molecule has 0 aromatic heterocycles. The van der Waals surface area contributed by atoms with E-state index in [2.05, 4.69) is 24.0 Å². The molecule has 0 saturated carbocycles. The van der Waals surface area contributed by atoms with Crippen LogP contribution in [0.4, 0.5) is 5.69 Å². The average Bonchev–Trinajstić information content (AvgIpc) is 2.20. The number of rotatable bonds is 6. The van der Waals surface area contributed by atoms with Gasteiger partial charge in [0.15, 0.2) is 0 Å². The Morgan fingerprint density at radius 1 is 1.40 bits per heavy atom. The van der Waals surface area contributed by atoms with Crippen molar-refractivity contribution in [2.45, 2.75) is 20.3 Å². The largest absolute Gasteiger partial charge is 0.362 e. The summed E-state index contributed by atoms with van der Waals surface area (Å²) >= 11 is 0. The molecule has 0 bridgehead atoms. The van der Waals surface area contributed by atoms with Crippen LogP contribution in [0.25, 0.3) is 0 Å². The standard InChI is InChI=1S/C13H19NO/c1-4-15-10-14-13-8-6-5-7-12(13)9-11(2)3/h5-8,14H,2,4,9-10H2,1,3H3. The maximum atomic E-state index is 5.26. The predicted octanol–water partition coefficient (Wildman–Crippen LogP) is 3.21. The Morgan fingerprint density at radius 2 is 2.13 bits per heavy atom. The number of hydrogen-bond acceptors (Lipinski definition) is 2. The smallest absolute Gasteiger partial charge is 0.116 e. The normalized spacial score (nSPS) is 10.0. The number of hydrogen-bond donors (Lipinski definition) is 1. The van der Waals surface area contributed by atoms with Crippen molar-refractivity contribution >= 4 is 5.69 Å². The highest BCUT2D eigenvalue weighted by atomic mass is 16.5. The summed E-state index contributed by atoms with van der Waals surface area (Å²) < 4.78 is 5.26. The molecule has 0 fully saturated rings. The molecule has 0 aliphatic rings. The number of nitrogens with one attached hydrogen (secondary N) is 1. The first-order valence-corrected chi connectivity index (χ1v) is 5.28. The van der Waals surface area contributed by atoms with Crippen LogP contribution in [0, 0.1) is 0 Å². The van der Waals surface area contributed by atoms with E-state index in [1.54, 1.807) is 0 Å². The Balaban J connectivity index is 2.64. The van der Waals surface area contributed by atoms with Gasteiger partial charge in [0.25, 0.3) is 0 Å². The van der Waals surface area contributed by atoms with Gasteiger partial charge in [0.05, 0.1) is 0 Å². The summed E-state index contributed by atoms with van der Waals surface area (Å²) in [5, 5.41) is 3.26. The van der Waals surface area contributed by atoms with Crippen LogP contribution in [0.5, 0.6) is 0 Å². The summed E-state index contributed by atoms with van der Waals surface area (Å²) in [6.45, 7) is 9.25. The number of para-hydroxylation sites is 1. The van der Waals surface area contributed by atoms with Crippen LogP contribution in [-0.4, -0.2) is 13.3 Å². The molecule has 0 radical (unpaired) electrons. The van der Waals surface area contributed by atoms with Gasteiger partial charge >= 0.3 is 0 Å². The topological polar surface area (TPSA) is 21.3 Å². The fourth-order valence-corrected chi connectivity index (χ4v) is 1.40. The molecule has 1 N–H and O–H groups in total. The molecule has 0 saturated heterocycles. The van der Waals surface area contributed by atoms with E-state index in [-0.39, 0.29) is 0 Å². The zero-order chi connectivity index (χ0) is 11.1. The van der Waals surface area contributed by atoms with Gasteiger partial charge in [0.2, 0.25) is 0 Å². The average molecular weight is 205 g/mol. The van der Waals surface area contributed by atoms with Gasteiger partial charge in [-0.25, -0.2) is 0 Å². The van der Waals surface area contributed by atoms with Crippen molar-refractivity contribution in [1.29, 1.82) is 0 Å². The zero-order valence-electron chi connectivity index (χ0n) is 9.55. The maximum Gasteiger partial charge on any atom is 0.116 e. The van der Waals surface area contributed by atoms with Crippen molar-refractivity contribution in [3.8, 4) is 0 Å². The Morgan fingerprint density at radius 3 is 2.80 bits per heavy atom. The summed E-state index contributed by atoms with van der Waals surface area (Å²) in [5.41, 5.74) is 3.57. The lowest BCUT2D eigenvalue weighted by molar-refractivity contribution is 0.167. The van der Waals surface area contributed by atoms with Crippen molar-refractivity contribution in [2.24, 2.45) is 0 Å². The van der Waals surface area contributed by atoms with Crippen molar-refractivity contribution in [2.75, 3.05) is 18.7 Å². The van der Waals surface area contributed by atoms with Gasteiger partial charge in [-0.15, -0.1) is 0 Å². The first-order chi connectivity index (χ1) is 7.24.